The molecule has 0 aliphatic carbocycles. The molecule has 1 aromatic rings. The van der Waals surface area contributed by atoms with Crippen LogP contribution in [0.3, 0.4) is 0 Å². The minimum Gasteiger partial charge on any atom is -0.479 e. The lowest BCUT2D eigenvalue weighted by Crippen LogP contribution is -2.25. The summed E-state index contributed by atoms with van der Waals surface area (Å²) < 4.78 is 5.37. The molecule has 0 bridgehead atoms. The standard InChI is InChI=1S/C13H18N4O4/c1-17(2)12(18)9-4-6-11(16-15-9)14-7-8-3-5-10(21-8)13(19)20/h4,6,8,10H,3,5,7H2,1-2H3,(H,14,16)(H,19,20). The zero-order valence-corrected chi connectivity index (χ0v) is 11.9. The van der Waals surface area contributed by atoms with Crippen LogP contribution >= 0.6 is 0 Å². The molecule has 1 aliphatic heterocycles. The molecule has 1 amide bonds. The maximum Gasteiger partial charge on any atom is 0.332 e. The lowest BCUT2D eigenvalue weighted by atomic mass is 10.2. The molecule has 114 valence electrons. The number of carboxylic acids is 1. The highest BCUT2D eigenvalue weighted by Gasteiger charge is 2.30. The molecule has 21 heavy (non-hydrogen) atoms. The molecular weight excluding hydrogens is 276 g/mol. The third kappa shape index (κ3) is 3.88. The van der Waals surface area contributed by atoms with Gasteiger partial charge in [0, 0.05) is 20.6 Å². The number of rotatable bonds is 5. The van der Waals surface area contributed by atoms with Crippen LogP contribution < -0.4 is 5.32 Å². The van der Waals surface area contributed by atoms with Crippen molar-refractivity contribution >= 4 is 17.7 Å². The second-order valence-corrected chi connectivity index (χ2v) is 5.05. The highest BCUT2D eigenvalue weighted by Crippen LogP contribution is 2.20. The minimum atomic E-state index is -0.927. The van der Waals surface area contributed by atoms with Gasteiger partial charge in [0.1, 0.15) is 5.82 Å². The fraction of sp³-hybridized carbons (Fsp3) is 0.538. The zero-order chi connectivity index (χ0) is 15.4. The topological polar surface area (TPSA) is 105 Å². The summed E-state index contributed by atoms with van der Waals surface area (Å²) in [6.07, 6.45) is 0.331. The smallest absolute Gasteiger partial charge is 0.332 e. The number of ether oxygens (including phenoxy) is 1. The summed E-state index contributed by atoms with van der Waals surface area (Å²) in [4.78, 5) is 23.9. The van der Waals surface area contributed by atoms with Crippen LogP contribution in [0.25, 0.3) is 0 Å². The van der Waals surface area contributed by atoms with E-state index >= 15 is 0 Å². The van der Waals surface area contributed by atoms with Crippen molar-refractivity contribution in [3.8, 4) is 0 Å². The van der Waals surface area contributed by atoms with Crippen molar-refractivity contribution in [1.82, 2.24) is 15.1 Å². The first-order chi connectivity index (χ1) is 9.97. The summed E-state index contributed by atoms with van der Waals surface area (Å²) in [7, 11) is 3.29. The molecule has 1 fully saturated rings. The Morgan fingerprint density at radius 2 is 2.14 bits per heavy atom. The number of nitrogens with one attached hydrogen (secondary N) is 1. The Morgan fingerprint density at radius 3 is 2.67 bits per heavy atom. The first kappa shape index (κ1) is 15.2. The molecule has 0 radical (unpaired) electrons. The molecule has 2 N–H and O–H groups in total. The van der Waals surface area contributed by atoms with E-state index < -0.39 is 12.1 Å². The van der Waals surface area contributed by atoms with Gasteiger partial charge in [-0.2, -0.15) is 0 Å². The maximum absolute atomic E-state index is 11.7. The number of anilines is 1. The second kappa shape index (κ2) is 6.49. The van der Waals surface area contributed by atoms with Crippen molar-refractivity contribution < 1.29 is 19.4 Å². The van der Waals surface area contributed by atoms with E-state index in [1.807, 2.05) is 0 Å². The minimum absolute atomic E-state index is 0.156. The van der Waals surface area contributed by atoms with Gasteiger partial charge in [-0.05, 0) is 25.0 Å². The first-order valence-electron chi connectivity index (χ1n) is 6.65. The average molecular weight is 294 g/mol. The number of aromatic nitrogens is 2. The van der Waals surface area contributed by atoms with Gasteiger partial charge in [-0.15, -0.1) is 10.2 Å². The van der Waals surface area contributed by atoms with Gasteiger partial charge in [0.15, 0.2) is 11.8 Å². The van der Waals surface area contributed by atoms with Crippen molar-refractivity contribution in [2.45, 2.75) is 25.0 Å². The number of nitrogens with zero attached hydrogens (tertiary/aromatic N) is 3. The van der Waals surface area contributed by atoms with E-state index in [0.717, 1.165) is 0 Å². The summed E-state index contributed by atoms with van der Waals surface area (Å²) in [6.45, 7) is 0.458. The normalized spacial score (nSPS) is 21.0. The first-order valence-corrected chi connectivity index (χ1v) is 6.65. The van der Waals surface area contributed by atoms with Crippen LogP contribution in [0.1, 0.15) is 23.3 Å². The third-order valence-electron chi connectivity index (χ3n) is 3.18. The van der Waals surface area contributed by atoms with Gasteiger partial charge in [-0.1, -0.05) is 0 Å². The summed E-state index contributed by atoms with van der Waals surface area (Å²) >= 11 is 0. The van der Waals surface area contributed by atoms with Crippen molar-refractivity contribution in [3.63, 3.8) is 0 Å². The average Bonchev–Trinajstić information content (AvgIpc) is 2.94. The fourth-order valence-corrected chi connectivity index (χ4v) is 2.03. The van der Waals surface area contributed by atoms with E-state index in [9.17, 15) is 9.59 Å². The summed E-state index contributed by atoms with van der Waals surface area (Å²) in [6, 6.07) is 3.25. The highest BCUT2D eigenvalue weighted by atomic mass is 16.5. The lowest BCUT2D eigenvalue weighted by Gasteiger charge is -2.13. The third-order valence-corrected chi connectivity index (χ3v) is 3.18. The van der Waals surface area contributed by atoms with E-state index in [2.05, 4.69) is 15.5 Å². The quantitative estimate of drug-likeness (QED) is 0.800. The Morgan fingerprint density at radius 1 is 1.38 bits per heavy atom. The number of aliphatic carboxylic acids is 1. The van der Waals surface area contributed by atoms with Crippen molar-refractivity contribution in [2.75, 3.05) is 26.0 Å². The van der Waals surface area contributed by atoms with Crippen molar-refractivity contribution in [2.24, 2.45) is 0 Å². The van der Waals surface area contributed by atoms with Crippen LogP contribution in [0.15, 0.2) is 12.1 Å². The van der Waals surface area contributed by atoms with Crippen molar-refractivity contribution in [3.05, 3.63) is 17.8 Å². The van der Waals surface area contributed by atoms with Gasteiger partial charge >= 0.3 is 5.97 Å². The fourth-order valence-electron chi connectivity index (χ4n) is 2.03. The van der Waals surface area contributed by atoms with Gasteiger partial charge in [0.05, 0.1) is 6.10 Å². The zero-order valence-electron chi connectivity index (χ0n) is 11.9. The van der Waals surface area contributed by atoms with E-state index in [4.69, 9.17) is 9.84 Å². The van der Waals surface area contributed by atoms with Gasteiger partial charge in [0.25, 0.3) is 5.91 Å². The van der Waals surface area contributed by atoms with Crippen LogP contribution in [0.5, 0.6) is 0 Å². The number of carboxylic acid groups (broad SMARTS) is 1. The number of hydrogen-bond donors (Lipinski definition) is 2. The molecule has 2 unspecified atom stereocenters. The molecule has 1 aromatic heterocycles. The second-order valence-electron chi connectivity index (χ2n) is 5.05. The van der Waals surface area contributed by atoms with Gasteiger partial charge in [-0.25, -0.2) is 4.79 Å². The molecule has 1 aliphatic rings. The Bertz CT molecular complexity index is 517. The molecule has 8 heteroatoms. The number of carbonyl (C=O) groups is 2. The summed E-state index contributed by atoms with van der Waals surface area (Å²) in [5, 5.41) is 19.6. The Kier molecular flexibility index (Phi) is 4.69. The number of amides is 1. The van der Waals surface area contributed by atoms with E-state index in [1.54, 1.807) is 26.2 Å². The maximum atomic E-state index is 11.7. The van der Waals surface area contributed by atoms with Crippen LogP contribution in [0.2, 0.25) is 0 Å². The Labute approximate surface area is 122 Å². The van der Waals surface area contributed by atoms with E-state index in [-0.39, 0.29) is 17.7 Å². The Balaban J connectivity index is 1.84. The van der Waals surface area contributed by atoms with Crippen LogP contribution in [-0.2, 0) is 9.53 Å². The van der Waals surface area contributed by atoms with Crippen LogP contribution in [0.4, 0.5) is 5.82 Å². The molecule has 0 spiro atoms. The predicted octanol–water partition coefficient (Wildman–Crippen LogP) is 0.222. The molecule has 2 atom stereocenters. The monoisotopic (exact) mass is 294 g/mol. The molecule has 2 heterocycles. The van der Waals surface area contributed by atoms with E-state index in [1.165, 1.54) is 4.90 Å². The van der Waals surface area contributed by atoms with Crippen molar-refractivity contribution in [1.29, 1.82) is 0 Å². The largest absolute Gasteiger partial charge is 0.479 e. The van der Waals surface area contributed by atoms with Gasteiger partial charge < -0.3 is 20.1 Å². The SMILES string of the molecule is CN(C)C(=O)c1ccc(NCC2CCC(C(=O)O)O2)nn1. The van der Waals surface area contributed by atoms with Crippen LogP contribution in [-0.4, -0.2) is 64.9 Å². The Hall–Kier alpha value is -2.22. The predicted molar refractivity (Wildman–Crippen MR) is 74.1 cm³/mol. The number of hydrogen-bond acceptors (Lipinski definition) is 6. The molecule has 2 rings (SSSR count). The van der Waals surface area contributed by atoms with Crippen LogP contribution in [0, 0.1) is 0 Å². The van der Waals surface area contributed by atoms with Gasteiger partial charge in [-0.3, -0.25) is 4.79 Å². The molecule has 0 aromatic carbocycles. The molecular formula is C13H18N4O4. The summed E-state index contributed by atoms with van der Waals surface area (Å²) in [5.74, 6) is -0.617. The number of carbonyl (C=O) groups excluding carboxylic acids is 1. The lowest BCUT2D eigenvalue weighted by molar-refractivity contribution is -0.149. The summed E-state index contributed by atoms with van der Waals surface area (Å²) in [5.41, 5.74) is 0.272. The van der Waals surface area contributed by atoms with Gasteiger partial charge in [0.2, 0.25) is 0 Å². The molecule has 0 saturated carbocycles. The van der Waals surface area contributed by atoms with E-state index in [0.29, 0.717) is 25.2 Å². The molecule has 8 nitrogen and oxygen atoms in total. The molecule has 1 saturated heterocycles. The highest BCUT2D eigenvalue weighted by molar-refractivity contribution is 5.91.